The molecule has 2 aliphatic rings. The first-order chi connectivity index (χ1) is 12.0. The summed E-state index contributed by atoms with van der Waals surface area (Å²) in [5, 5.41) is 3.05. The minimum atomic E-state index is -0.269. The van der Waals surface area contributed by atoms with Crippen molar-refractivity contribution in [2.45, 2.75) is 44.3 Å². The number of carbonyl (C=O) groups is 2. The van der Waals surface area contributed by atoms with Gasteiger partial charge in [-0.25, -0.2) is 0 Å². The molecular weight excluding hydrogens is 316 g/mol. The van der Waals surface area contributed by atoms with Gasteiger partial charge in [-0.05, 0) is 25.3 Å². The van der Waals surface area contributed by atoms with Gasteiger partial charge in [-0.3, -0.25) is 14.5 Å². The quantitative estimate of drug-likeness (QED) is 0.803. The number of piperazine rings is 1. The fraction of sp³-hybridized carbons (Fsp3) is 0.579. The van der Waals surface area contributed by atoms with Crippen molar-refractivity contribution >= 4 is 11.8 Å². The number of nitrogens with two attached hydrogens (primary N) is 1. The molecule has 1 saturated carbocycles. The first-order valence-corrected chi connectivity index (χ1v) is 9.17. The van der Waals surface area contributed by atoms with Gasteiger partial charge < -0.3 is 16.0 Å². The van der Waals surface area contributed by atoms with Crippen molar-refractivity contribution < 1.29 is 9.59 Å². The zero-order valence-corrected chi connectivity index (χ0v) is 14.9. The van der Waals surface area contributed by atoms with Crippen LogP contribution in [0.25, 0.3) is 0 Å². The van der Waals surface area contributed by atoms with Gasteiger partial charge in [0.15, 0.2) is 0 Å². The SMILES string of the molecule is CC(C(=O)NC1CC1)N1CCN(C(=O)CC(N)c2ccccc2)CC1. The van der Waals surface area contributed by atoms with Crippen molar-refractivity contribution in [3.63, 3.8) is 0 Å². The van der Waals surface area contributed by atoms with Crippen molar-refractivity contribution in [1.29, 1.82) is 0 Å². The van der Waals surface area contributed by atoms with Crippen LogP contribution in [0.4, 0.5) is 0 Å². The van der Waals surface area contributed by atoms with E-state index < -0.39 is 0 Å². The monoisotopic (exact) mass is 344 g/mol. The lowest BCUT2D eigenvalue weighted by Crippen LogP contribution is -2.55. The van der Waals surface area contributed by atoms with Gasteiger partial charge in [-0.15, -0.1) is 0 Å². The van der Waals surface area contributed by atoms with E-state index in [9.17, 15) is 9.59 Å². The van der Waals surface area contributed by atoms with Crippen LogP contribution in [0.3, 0.4) is 0 Å². The summed E-state index contributed by atoms with van der Waals surface area (Å²) in [6.07, 6.45) is 2.52. The first-order valence-electron chi connectivity index (χ1n) is 9.17. The second kappa shape index (κ2) is 7.97. The number of amides is 2. The molecule has 2 amide bonds. The summed E-state index contributed by atoms with van der Waals surface area (Å²) < 4.78 is 0. The third-order valence-electron chi connectivity index (χ3n) is 5.14. The molecule has 1 aromatic rings. The van der Waals surface area contributed by atoms with Gasteiger partial charge in [0.25, 0.3) is 0 Å². The van der Waals surface area contributed by atoms with Crippen LogP contribution in [0.2, 0.25) is 0 Å². The molecule has 0 radical (unpaired) electrons. The van der Waals surface area contributed by atoms with Gasteiger partial charge in [0, 0.05) is 44.7 Å². The lowest BCUT2D eigenvalue weighted by molar-refractivity contribution is -0.134. The summed E-state index contributed by atoms with van der Waals surface area (Å²) in [5.74, 6) is 0.194. The molecule has 6 nitrogen and oxygen atoms in total. The van der Waals surface area contributed by atoms with Gasteiger partial charge in [0.2, 0.25) is 11.8 Å². The normalized spacial score (nSPS) is 20.8. The molecule has 1 saturated heterocycles. The standard InChI is InChI=1S/C19H28N4O2/c1-14(19(25)21-16-7-8-16)22-9-11-23(12-10-22)18(24)13-17(20)15-5-3-2-4-6-15/h2-6,14,16-17H,7-13,20H2,1H3,(H,21,25). The minimum Gasteiger partial charge on any atom is -0.352 e. The van der Waals surface area contributed by atoms with Crippen molar-refractivity contribution in [3.05, 3.63) is 35.9 Å². The molecule has 1 aliphatic heterocycles. The largest absolute Gasteiger partial charge is 0.352 e. The fourth-order valence-electron chi connectivity index (χ4n) is 3.21. The molecule has 6 heteroatoms. The Morgan fingerprint density at radius 3 is 2.40 bits per heavy atom. The molecule has 0 aromatic heterocycles. The number of hydrogen-bond donors (Lipinski definition) is 2. The predicted octanol–water partition coefficient (Wildman–Crippen LogP) is 0.888. The van der Waals surface area contributed by atoms with E-state index in [4.69, 9.17) is 5.73 Å². The average molecular weight is 344 g/mol. The summed E-state index contributed by atoms with van der Waals surface area (Å²) in [7, 11) is 0. The van der Waals surface area contributed by atoms with E-state index in [1.165, 1.54) is 0 Å². The summed E-state index contributed by atoms with van der Waals surface area (Å²) in [6.45, 7) is 4.71. The highest BCUT2D eigenvalue weighted by molar-refractivity contribution is 5.82. The molecule has 2 atom stereocenters. The van der Waals surface area contributed by atoms with Crippen LogP contribution in [-0.4, -0.2) is 59.9 Å². The molecule has 3 N–H and O–H groups in total. The average Bonchev–Trinajstić information content (AvgIpc) is 3.45. The van der Waals surface area contributed by atoms with Gasteiger partial charge in [-0.1, -0.05) is 30.3 Å². The fourth-order valence-corrected chi connectivity index (χ4v) is 3.21. The lowest BCUT2D eigenvalue weighted by Gasteiger charge is -2.37. The molecule has 2 unspecified atom stereocenters. The van der Waals surface area contributed by atoms with Crippen LogP contribution in [0, 0.1) is 0 Å². The van der Waals surface area contributed by atoms with E-state index in [0.717, 1.165) is 31.5 Å². The number of hydrogen-bond acceptors (Lipinski definition) is 4. The van der Waals surface area contributed by atoms with Crippen LogP contribution < -0.4 is 11.1 Å². The predicted molar refractivity (Wildman–Crippen MR) is 96.8 cm³/mol. The Hall–Kier alpha value is -1.92. The van der Waals surface area contributed by atoms with Crippen LogP contribution >= 0.6 is 0 Å². The Bertz CT molecular complexity index is 595. The zero-order valence-electron chi connectivity index (χ0n) is 14.9. The molecule has 3 rings (SSSR count). The van der Waals surface area contributed by atoms with E-state index in [0.29, 0.717) is 25.6 Å². The zero-order chi connectivity index (χ0) is 17.8. The van der Waals surface area contributed by atoms with Gasteiger partial charge in [0.05, 0.1) is 6.04 Å². The van der Waals surface area contributed by atoms with Gasteiger partial charge in [0.1, 0.15) is 0 Å². The Kier molecular flexibility index (Phi) is 5.71. The number of carbonyl (C=O) groups excluding carboxylic acids is 2. The minimum absolute atomic E-state index is 0.0890. The van der Waals surface area contributed by atoms with Crippen LogP contribution in [0.5, 0.6) is 0 Å². The second-order valence-corrected chi connectivity index (χ2v) is 7.10. The molecule has 1 heterocycles. The van der Waals surface area contributed by atoms with Gasteiger partial charge >= 0.3 is 0 Å². The maximum Gasteiger partial charge on any atom is 0.237 e. The molecule has 0 bridgehead atoms. The smallest absolute Gasteiger partial charge is 0.237 e. The number of rotatable bonds is 6. The highest BCUT2D eigenvalue weighted by atomic mass is 16.2. The van der Waals surface area contributed by atoms with Crippen LogP contribution in [-0.2, 0) is 9.59 Å². The molecular formula is C19H28N4O2. The van der Waals surface area contributed by atoms with Crippen molar-refractivity contribution in [3.8, 4) is 0 Å². The van der Waals surface area contributed by atoms with Crippen molar-refractivity contribution in [2.75, 3.05) is 26.2 Å². The van der Waals surface area contributed by atoms with Crippen LogP contribution in [0.15, 0.2) is 30.3 Å². The second-order valence-electron chi connectivity index (χ2n) is 7.10. The van der Waals surface area contributed by atoms with E-state index in [-0.39, 0.29) is 23.9 Å². The highest BCUT2D eigenvalue weighted by Crippen LogP contribution is 2.20. The van der Waals surface area contributed by atoms with Gasteiger partial charge in [-0.2, -0.15) is 0 Å². The topological polar surface area (TPSA) is 78.7 Å². The summed E-state index contributed by atoms with van der Waals surface area (Å²) in [4.78, 5) is 28.7. The third kappa shape index (κ3) is 4.80. The van der Waals surface area contributed by atoms with E-state index in [2.05, 4.69) is 10.2 Å². The Balaban J connectivity index is 1.44. The van der Waals surface area contributed by atoms with Crippen LogP contribution in [0.1, 0.15) is 37.8 Å². The molecule has 1 aliphatic carbocycles. The summed E-state index contributed by atoms with van der Waals surface area (Å²) in [5.41, 5.74) is 7.15. The Labute approximate surface area is 149 Å². The number of nitrogens with zero attached hydrogens (tertiary/aromatic N) is 2. The highest BCUT2D eigenvalue weighted by Gasteiger charge is 2.31. The summed E-state index contributed by atoms with van der Waals surface area (Å²) >= 11 is 0. The molecule has 25 heavy (non-hydrogen) atoms. The van der Waals surface area contributed by atoms with Crippen molar-refractivity contribution in [2.24, 2.45) is 5.73 Å². The first kappa shape index (κ1) is 17.9. The maximum absolute atomic E-state index is 12.5. The number of nitrogens with one attached hydrogen (secondary N) is 1. The van der Waals surface area contributed by atoms with E-state index >= 15 is 0 Å². The summed E-state index contributed by atoms with van der Waals surface area (Å²) in [6, 6.07) is 9.71. The van der Waals surface area contributed by atoms with Crippen molar-refractivity contribution in [1.82, 2.24) is 15.1 Å². The molecule has 0 spiro atoms. The number of benzene rings is 1. The Morgan fingerprint density at radius 2 is 1.80 bits per heavy atom. The molecule has 1 aromatic carbocycles. The Morgan fingerprint density at radius 1 is 1.16 bits per heavy atom. The third-order valence-corrected chi connectivity index (χ3v) is 5.14. The van der Waals surface area contributed by atoms with E-state index in [1.807, 2.05) is 42.2 Å². The maximum atomic E-state index is 12.5. The lowest BCUT2D eigenvalue weighted by atomic mass is 10.0. The molecule has 2 fully saturated rings. The molecule has 136 valence electrons. The van der Waals surface area contributed by atoms with E-state index in [1.54, 1.807) is 0 Å².